The molecule has 0 atom stereocenters. The Morgan fingerprint density at radius 2 is 1.89 bits per heavy atom. The van der Waals surface area contributed by atoms with Crippen LogP contribution in [0.25, 0.3) is 0 Å². The van der Waals surface area contributed by atoms with Crippen molar-refractivity contribution in [1.29, 1.82) is 0 Å². The van der Waals surface area contributed by atoms with Crippen molar-refractivity contribution < 1.29 is 12.6 Å². The maximum Gasteiger partial charge on any atom is 0.267 e. The number of hydrogen-bond donors (Lipinski definition) is 0. The molecule has 0 saturated carbocycles. The van der Waals surface area contributed by atoms with Gasteiger partial charge in [-0.05, 0) is 12.8 Å². The molecule has 3 nitrogen and oxygen atoms in total. The third kappa shape index (κ3) is 2.32. The molecule has 1 heterocycles. The van der Waals surface area contributed by atoms with E-state index in [9.17, 15) is 8.42 Å². The molecular formula is C5H10O3S. The van der Waals surface area contributed by atoms with Gasteiger partial charge in [0.05, 0.1) is 12.4 Å². The van der Waals surface area contributed by atoms with Gasteiger partial charge in [0.1, 0.15) is 0 Å². The van der Waals surface area contributed by atoms with Crippen molar-refractivity contribution >= 4 is 10.1 Å². The molecule has 9 heavy (non-hydrogen) atoms. The number of hydrogen-bond acceptors (Lipinski definition) is 3. The standard InChI is InChI=1S/C5H10O3S/c6-9(7)5-3-1-2-4-8-9/h1-5H2. The molecule has 0 bridgehead atoms. The van der Waals surface area contributed by atoms with Crippen LogP contribution in [-0.4, -0.2) is 20.8 Å². The SMILES string of the molecule is O=S1(=O)CCCCCO1. The van der Waals surface area contributed by atoms with Gasteiger partial charge in [-0.25, -0.2) is 0 Å². The predicted molar refractivity (Wildman–Crippen MR) is 33.6 cm³/mol. The first-order valence-corrected chi connectivity index (χ1v) is 4.65. The predicted octanol–water partition coefficient (Wildman–Crippen LogP) is 0.517. The first-order chi connectivity index (χ1) is 4.21. The maximum atomic E-state index is 10.6. The summed E-state index contributed by atoms with van der Waals surface area (Å²) in [6.45, 7) is 0.377. The molecule has 1 aliphatic heterocycles. The molecule has 0 amide bonds. The van der Waals surface area contributed by atoms with Crippen molar-refractivity contribution in [2.75, 3.05) is 12.4 Å². The molecule has 1 aliphatic rings. The zero-order valence-electron chi connectivity index (χ0n) is 5.17. The second-order valence-corrected chi connectivity index (χ2v) is 3.90. The van der Waals surface area contributed by atoms with E-state index in [0.717, 1.165) is 19.3 Å². The van der Waals surface area contributed by atoms with E-state index < -0.39 is 10.1 Å². The molecule has 0 N–H and O–H groups in total. The van der Waals surface area contributed by atoms with E-state index in [4.69, 9.17) is 0 Å². The van der Waals surface area contributed by atoms with Gasteiger partial charge in [-0.1, -0.05) is 6.42 Å². The molecule has 4 heteroatoms. The van der Waals surface area contributed by atoms with Gasteiger partial charge in [-0.15, -0.1) is 0 Å². The van der Waals surface area contributed by atoms with Crippen LogP contribution in [-0.2, 0) is 14.3 Å². The van der Waals surface area contributed by atoms with Crippen LogP contribution in [0.1, 0.15) is 19.3 Å². The summed E-state index contributed by atoms with van der Waals surface area (Å²) in [5.74, 6) is 0.201. The van der Waals surface area contributed by atoms with Crippen LogP contribution in [0, 0.1) is 0 Å². The van der Waals surface area contributed by atoms with Crippen LogP contribution >= 0.6 is 0 Å². The van der Waals surface area contributed by atoms with Gasteiger partial charge in [0.2, 0.25) is 0 Å². The summed E-state index contributed by atoms with van der Waals surface area (Å²) < 4.78 is 25.9. The molecule has 0 aromatic rings. The molecule has 0 aromatic heterocycles. The average molecular weight is 150 g/mol. The fourth-order valence-corrected chi connectivity index (χ4v) is 1.85. The lowest BCUT2D eigenvalue weighted by Gasteiger charge is -1.95. The molecule has 54 valence electrons. The van der Waals surface area contributed by atoms with Crippen molar-refractivity contribution in [2.45, 2.75) is 19.3 Å². The van der Waals surface area contributed by atoms with E-state index in [2.05, 4.69) is 4.18 Å². The Bertz CT molecular complexity index is 157. The lowest BCUT2D eigenvalue weighted by molar-refractivity contribution is 0.320. The Labute approximate surface area is 55.1 Å². The minimum absolute atomic E-state index is 0.201. The summed E-state index contributed by atoms with van der Waals surface area (Å²) in [6.07, 6.45) is 2.60. The lowest BCUT2D eigenvalue weighted by Crippen LogP contribution is -2.07. The minimum Gasteiger partial charge on any atom is -0.270 e. The molecule has 0 spiro atoms. The van der Waals surface area contributed by atoms with Crippen LogP contribution in [0.15, 0.2) is 0 Å². The Balaban J connectivity index is 2.56. The quantitative estimate of drug-likeness (QED) is 0.473. The van der Waals surface area contributed by atoms with Crippen molar-refractivity contribution in [1.82, 2.24) is 0 Å². The molecule has 1 saturated heterocycles. The third-order valence-corrected chi connectivity index (χ3v) is 2.62. The summed E-state index contributed by atoms with van der Waals surface area (Å²) in [7, 11) is -3.12. The number of rotatable bonds is 0. The van der Waals surface area contributed by atoms with Crippen molar-refractivity contribution in [2.24, 2.45) is 0 Å². The summed E-state index contributed by atoms with van der Waals surface area (Å²) in [4.78, 5) is 0. The first kappa shape index (κ1) is 7.02. The highest BCUT2D eigenvalue weighted by molar-refractivity contribution is 7.86. The van der Waals surface area contributed by atoms with E-state index in [1.54, 1.807) is 0 Å². The topological polar surface area (TPSA) is 43.4 Å². The maximum absolute atomic E-state index is 10.6. The van der Waals surface area contributed by atoms with Gasteiger partial charge in [0.15, 0.2) is 0 Å². The molecular weight excluding hydrogens is 140 g/mol. The zero-order valence-corrected chi connectivity index (χ0v) is 5.99. The second kappa shape index (κ2) is 2.66. The molecule has 0 aromatic carbocycles. The summed E-state index contributed by atoms with van der Waals surface area (Å²) in [5.41, 5.74) is 0. The van der Waals surface area contributed by atoms with Crippen LogP contribution in [0.4, 0.5) is 0 Å². The summed E-state index contributed by atoms with van der Waals surface area (Å²) in [5, 5.41) is 0. The Morgan fingerprint density at radius 3 is 2.67 bits per heavy atom. The van der Waals surface area contributed by atoms with Crippen LogP contribution in [0.3, 0.4) is 0 Å². The first-order valence-electron chi connectivity index (χ1n) is 3.08. The average Bonchev–Trinajstić information content (AvgIpc) is 1.92. The molecule has 1 fully saturated rings. The zero-order chi connectivity index (χ0) is 6.74. The van der Waals surface area contributed by atoms with Crippen LogP contribution in [0.2, 0.25) is 0 Å². The van der Waals surface area contributed by atoms with Crippen molar-refractivity contribution in [3.63, 3.8) is 0 Å². The van der Waals surface area contributed by atoms with Gasteiger partial charge in [0.25, 0.3) is 10.1 Å². The molecule has 1 rings (SSSR count). The van der Waals surface area contributed by atoms with E-state index >= 15 is 0 Å². The summed E-state index contributed by atoms with van der Waals surface area (Å²) >= 11 is 0. The third-order valence-electron chi connectivity index (χ3n) is 1.30. The van der Waals surface area contributed by atoms with E-state index in [-0.39, 0.29) is 5.75 Å². The van der Waals surface area contributed by atoms with Gasteiger partial charge in [0, 0.05) is 0 Å². The second-order valence-electron chi connectivity index (χ2n) is 2.14. The molecule has 0 aliphatic carbocycles. The van der Waals surface area contributed by atoms with Crippen molar-refractivity contribution in [3.8, 4) is 0 Å². The smallest absolute Gasteiger partial charge is 0.267 e. The fraction of sp³-hybridized carbons (Fsp3) is 1.00. The largest absolute Gasteiger partial charge is 0.270 e. The van der Waals surface area contributed by atoms with Gasteiger partial charge in [-0.3, -0.25) is 4.18 Å². The highest BCUT2D eigenvalue weighted by Crippen LogP contribution is 2.07. The van der Waals surface area contributed by atoms with Crippen LogP contribution < -0.4 is 0 Å². The monoisotopic (exact) mass is 150 g/mol. The molecule has 0 unspecified atom stereocenters. The normalized spacial score (nSPS) is 27.1. The highest BCUT2D eigenvalue weighted by Gasteiger charge is 2.13. The molecule has 0 radical (unpaired) electrons. The van der Waals surface area contributed by atoms with Gasteiger partial charge < -0.3 is 0 Å². The Hall–Kier alpha value is -0.0900. The highest BCUT2D eigenvalue weighted by atomic mass is 32.2. The lowest BCUT2D eigenvalue weighted by atomic mass is 10.3. The fourth-order valence-electron chi connectivity index (χ4n) is 0.802. The van der Waals surface area contributed by atoms with Crippen LogP contribution in [0.5, 0.6) is 0 Å². The van der Waals surface area contributed by atoms with E-state index in [1.165, 1.54) is 0 Å². The van der Waals surface area contributed by atoms with Gasteiger partial charge in [-0.2, -0.15) is 8.42 Å². The van der Waals surface area contributed by atoms with Gasteiger partial charge >= 0.3 is 0 Å². The minimum atomic E-state index is -3.12. The summed E-state index contributed by atoms with van der Waals surface area (Å²) in [6, 6.07) is 0. The van der Waals surface area contributed by atoms with Crippen molar-refractivity contribution in [3.05, 3.63) is 0 Å². The Morgan fingerprint density at radius 1 is 1.11 bits per heavy atom. The van der Waals surface area contributed by atoms with E-state index in [0.29, 0.717) is 6.61 Å². The Kier molecular flexibility index (Phi) is 2.08. The van der Waals surface area contributed by atoms with E-state index in [1.807, 2.05) is 0 Å².